The first-order chi connectivity index (χ1) is 11.6. The Morgan fingerprint density at radius 3 is 2.88 bits per heavy atom. The lowest BCUT2D eigenvalue weighted by Gasteiger charge is -2.06. The van der Waals surface area contributed by atoms with Crippen LogP contribution in [0.25, 0.3) is 10.9 Å². The quantitative estimate of drug-likeness (QED) is 0.758. The molecule has 2 N–H and O–H groups in total. The fourth-order valence-corrected chi connectivity index (χ4v) is 2.57. The van der Waals surface area contributed by atoms with Gasteiger partial charge in [0.05, 0.1) is 12.2 Å². The summed E-state index contributed by atoms with van der Waals surface area (Å²) in [6.45, 7) is 2.38. The Morgan fingerprint density at radius 1 is 1.21 bits per heavy atom. The van der Waals surface area contributed by atoms with Gasteiger partial charge in [-0.2, -0.15) is 0 Å². The van der Waals surface area contributed by atoms with E-state index in [4.69, 9.17) is 0 Å². The predicted molar refractivity (Wildman–Crippen MR) is 93.7 cm³/mol. The molecule has 0 unspecified atom stereocenters. The molecule has 1 aromatic carbocycles. The molecule has 0 aliphatic heterocycles. The molecule has 5 nitrogen and oxygen atoms in total. The van der Waals surface area contributed by atoms with Crippen molar-refractivity contribution in [3.05, 3.63) is 75.8 Å². The molecule has 0 atom stereocenters. The number of carbonyl (C=O) groups excluding carboxylic acids is 1. The van der Waals surface area contributed by atoms with E-state index in [0.29, 0.717) is 18.5 Å². The molecule has 2 heterocycles. The average molecular weight is 321 g/mol. The number of hydrogen-bond acceptors (Lipinski definition) is 3. The number of aromatic nitrogens is 2. The van der Waals surface area contributed by atoms with Crippen molar-refractivity contribution in [2.24, 2.45) is 0 Å². The van der Waals surface area contributed by atoms with Gasteiger partial charge in [0.15, 0.2) is 0 Å². The second kappa shape index (κ2) is 7.08. The van der Waals surface area contributed by atoms with E-state index in [1.54, 1.807) is 6.20 Å². The Morgan fingerprint density at radius 2 is 2.08 bits per heavy atom. The highest BCUT2D eigenvalue weighted by Crippen LogP contribution is 2.13. The average Bonchev–Trinajstić information content (AvgIpc) is 2.59. The van der Waals surface area contributed by atoms with Gasteiger partial charge in [-0.15, -0.1) is 0 Å². The number of pyridine rings is 2. The number of H-pyrrole nitrogens is 1. The Hall–Kier alpha value is -2.95. The molecule has 3 aromatic rings. The van der Waals surface area contributed by atoms with Gasteiger partial charge in [-0.3, -0.25) is 14.6 Å². The number of carbonyl (C=O) groups is 1. The van der Waals surface area contributed by atoms with E-state index in [-0.39, 0.29) is 17.9 Å². The second-order valence-electron chi connectivity index (χ2n) is 5.81. The van der Waals surface area contributed by atoms with E-state index in [9.17, 15) is 9.59 Å². The standard InChI is InChI=1S/C19H19N3O2/c1-13-5-6-14-11-15(19(24)22-17(14)10-13)7-8-18(23)21-12-16-4-2-3-9-20-16/h2-6,9-11H,7-8,12H2,1H3,(H,21,23)(H,22,24). The van der Waals surface area contributed by atoms with Crippen LogP contribution in [-0.4, -0.2) is 15.9 Å². The summed E-state index contributed by atoms with van der Waals surface area (Å²) in [4.78, 5) is 31.1. The maximum Gasteiger partial charge on any atom is 0.251 e. The molecule has 0 saturated heterocycles. The molecule has 5 heteroatoms. The highest BCUT2D eigenvalue weighted by Gasteiger charge is 2.07. The van der Waals surface area contributed by atoms with Crippen LogP contribution in [0.4, 0.5) is 0 Å². The number of fused-ring (bicyclic) bond motifs is 1. The van der Waals surface area contributed by atoms with Gasteiger partial charge >= 0.3 is 0 Å². The molecule has 0 saturated carbocycles. The largest absolute Gasteiger partial charge is 0.350 e. The molecule has 2 aromatic heterocycles. The van der Waals surface area contributed by atoms with E-state index < -0.39 is 0 Å². The van der Waals surface area contributed by atoms with Gasteiger partial charge in [0.2, 0.25) is 5.91 Å². The monoisotopic (exact) mass is 321 g/mol. The minimum absolute atomic E-state index is 0.0935. The van der Waals surface area contributed by atoms with Crippen LogP contribution in [-0.2, 0) is 17.8 Å². The van der Waals surface area contributed by atoms with Crippen LogP contribution < -0.4 is 10.9 Å². The molecule has 24 heavy (non-hydrogen) atoms. The minimum Gasteiger partial charge on any atom is -0.350 e. The first kappa shape index (κ1) is 15.9. The lowest BCUT2D eigenvalue weighted by Crippen LogP contribution is -2.24. The topological polar surface area (TPSA) is 74.8 Å². The summed E-state index contributed by atoms with van der Waals surface area (Å²) >= 11 is 0. The van der Waals surface area contributed by atoms with Crippen LogP contribution in [0.2, 0.25) is 0 Å². The van der Waals surface area contributed by atoms with E-state index >= 15 is 0 Å². The molecule has 0 aliphatic carbocycles. The summed E-state index contributed by atoms with van der Waals surface area (Å²) in [5, 5.41) is 3.80. The van der Waals surface area contributed by atoms with E-state index in [2.05, 4.69) is 15.3 Å². The van der Waals surface area contributed by atoms with Crippen LogP contribution >= 0.6 is 0 Å². The molecule has 0 aliphatic rings. The van der Waals surface area contributed by atoms with Gasteiger partial charge in [0.1, 0.15) is 0 Å². The maximum atomic E-state index is 12.1. The summed E-state index contributed by atoms with van der Waals surface area (Å²) in [6.07, 6.45) is 2.37. The highest BCUT2D eigenvalue weighted by molar-refractivity contribution is 5.80. The molecule has 0 bridgehead atoms. The van der Waals surface area contributed by atoms with Crippen molar-refractivity contribution in [3.63, 3.8) is 0 Å². The summed E-state index contributed by atoms with van der Waals surface area (Å²) in [5.41, 5.74) is 3.22. The Kier molecular flexibility index (Phi) is 4.70. The van der Waals surface area contributed by atoms with Gasteiger partial charge in [0, 0.05) is 23.7 Å². The van der Waals surface area contributed by atoms with Crippen molar-refractivity contribution < 1.29 is 4.79 Å². The molecule has 3 rings (SSSR count). The van der Waals surface area contributed by atoms with Crippen LogP contribution in [0.3, 0.4) is 0 Å². The van der Waals surface area contributed by atoms with Crippen molar-refractivity contribution in [1.82, 2.24) is 15.3 Å². The lowest BCUT2D eigenvalue weighted by molar-refractivity contribution is -0.121. The summed E-state index contributed by atoms with van der Waals surface area (Å²) < 4.78 is 0. The highest BCUT2D eigenvalue weighted by atomic mass is 16.1. The zero-order valence-electron chi connectivity index (χ0n) is 13.5. The first-order valence-corrected chi connectivity index (χ1v) is 7.91. The van der Waals surface area contributed by atoms with Gasteiger partial charge in [-0.1, -0.05) is 18.2 Å². The Labute approximate surface area is 139 Å². The fraction of sp³-hybridized carbons (Fsp3) is 0.211. The van der Waals surface area contributed by atoms with Crippen LogP contribution in [0.15, 0.2) is 53.5 Å². The van der Waals surface area contributed by atoms with Crippen molar-refractivity contribution >= 4 is 16.8 Å². The number of aryl methyl sites for hydroxylation is 2. The van der Waals surface area contributed by atoms with E-state index in [1.165, 1.54) is 0 Å². The third-order valence-corrected chi connectivity index (χ3v) is 3.89. The minimum atomic E-state index is -0.134. The lowest BCUT2D eigenvalue weighted by atomic mass is 10.1. The normalized spacial score (nSPS) is 10.7. The third-order valence-electron chi connectivity index (χ3n) is 3.89. The first-order valence-electron chi connectivity index (χ1n) is 7.91. The molecule has 0 fully saturated rings. The molecule has 1 amide bonds. The number of aromatic amines is 1. The van der Waals surface area contributed by atoms with E-state index in [1.807, 2.05) is 49.4 Å². The zero-order chi connectivity index (χ0) is 16.9. The number of nitrogens with zero attached hydrogens (tertiary/aromatic N) is 1. The molecular weight excluding hydrogens is 302 g/mol. The Balaban J connectivity index is 1.62. The number of benzene rings is 1. The van der Waals surface area contributed by atoms with Crippen molar-refractivity contribution in [2.75, 3.05) is 0 Å². The zero-order valence-corrected chi connectivity index (χ0v) is 13.5. The fourth-order valence-electron chi connectivity index (χ4n) is 2.57. The summed E-state index contributed by atoms with van der Waals surface area (Å²) in [5.74, 6) is -0.0935. The summed E-state index contributed by atoms with van der Waals surface area (Å²) in [6, 6.07) is 13.4. The summed E-state index contributed by atoms with van der Waals surface area (Å²) in [7, 11) is 0. The van der Waals surface area contributed by atoms with Crippen molar-refractivity contribution in [2.45, 2.75) is 26.3 Å². The predicted octanol–water partition coefficient (Wildman–Crippen LogP) is 2.48. The third kappa shape index (κ3) is 3.87. The number of rotatable bonds is 5. The number of hydrogen-bond donors (Lipinski definition) is 2. The van der Waals surface area contributed by atoms with Crippen LogP contribution in [0, 0.1) is 6.92 Å². The van der Waals surface area contributed by atoms with Crippen LogP contribution in [0.1, 0.15) is 23.2 Å². The SMILES string of the molecule is Cc1ccc2cc(CCC(=O)NCc3ccccn3)c(=O)[nH]c2c1. The molecule has 0 radical (unpaired) electrons. The van der Waals surface area contributed by atoms with Gasteiger partial charge in [-0.05, 0) is 48.6 Å². The molecular formula is C19H19N3O2. The number of amides is 1. The maximum absolute atomic E-state index is 12.1. The molecule has 122 valence electrons. The Bertz CT molecular complexity index is 917. The van der Waals surface area contributed by atoms with E-state index in [0.717, 1.165) is 22.2 Å². The molecule has 0 spiro atoms. The smallest absolute Gasteiger partial charge is 0.251 e. The van der Waals surface area contributed by atoms with Crippen molar-refractivity contribution in [3.8, 4) is 0 Å². The van der Waals surface area contributed by atoms with Crippen molar-refractivity contribution in [1.29, 1.82) is 0 Å². The van der Waals surface area contributed by atoms with Gasteiger partial charge in [0.25, 0.3) is 5.56 Å². The van der Waals surface area contributed by atoms with Gasteiger partial charge < -0.3 is 10.3 Å². The van der Waals surface area contributed by atoms with Crippen LogP contribution in [0.5, 0.6) is 0 Å². The van der Waals surface area contributed by atoms with Gasteiger partial charge in [-0.25, -0.2) is 0 Å². The second-order valence-corrected chi connectivity index (χ2v) is 5.81. The number of nitrogens with one attached hydrogen (secondary N) is 2.